The molecule has 20 heavy (non-hydrogen) atoms. The van der Waals surface area contributed by atoms with Crippen molar-refractivity contribution in [3.63, 3.8) is 0 Å². The number of nitrogens with two attached hydrogens (primary N) is 1. The molecule has 2 rings (SSSR count). The maximum absolute atomic E-state index is 13.5. The van der Waals surface area contributed by atoms with E-state index in [2.05, 4.69) is 21.2 Å². The molecule has 0 fully saturated rings. The Kier molecular flexibility index (Phi) is 3.99. The molecule has 104 valence electrons. The molecule has 7 heteroatoms. The van der Waals surface area contributed by atoms with Gasteiger partial charge in [-0.1, -0.05) is 0 Å². The molecule has 0 saturated carbocycles. The Bertz CT molecular complexity index is 692. The number of rotatable bonds is 2. The van der Waals surface area contributed by atoms with E-state index >= 15 is 0 Å². The lowest BCUT2D eigenvalue weighted by Crippen LogP contribution is -2.15. The number of nitrogens with one attached hydrogen (secondary N) is 1. The van der Waals surface area contributed by atoms with Crippen molar-refractivity contribution in [2.45, 2.75) is 0 Å². The van der Waals surface area contributed by atoms with E-state index in [1.165, 1.54) is 12.1 Å². The fraction of sp³-hybridized carbons (Fsp3) is 0. The number of benzene rings is 2. The average molecular weight is 345 g/mol. The van der Waals surface area contributed by atoms with Gasteiger partial charge in [0.2, 0.25) is 0 Å². The normalized spacial score (nSPS) is 10.4. The summed E-state index contributed by atoms with van der Waals surface area (Å²) in [6.45, 7) is 0. The molecule has 0 aromatic heterocycles. The van der Waals surface area contributed by atoms with E-state index < -0.39 is 23.4 Å². The van der Waals surface area contributed by atoms with Gasteiger partial charge < -0.3 is 11.1 Å². The monoisotopic (exact) mass is 344 g/mol. The predicted molar refractivity (Wildman–Crippen MR) is 72.8 cm³/mol. The van der Waals surface area contributed by atoms with Crippen molar-refractivity contribution < 1.29 is 18.0 Å². The van der Waals surface area contributed by atoms with Crippen LogP contribution in [0.1, 0.15) is 10.4 Å². The molecular weight excluding hydrogens is 337 g/mol. The van der Waals surface area contributed by atoms with Crippen LogP contribution in [0.15, 0.2) is 34.8 Å². The van der Waals surface area contributed by atoms with Crippen molar-refractivity contribution in [1.29, 1.82) is 0 Å². The Morgan fingerprint density at radius 2 is 1.75 bits per heavy atom. The summed E-state index contributed by atoms with van der Waals surface area (Å²) in [7, 11) is 0. The maximum atomic E-state index is 13.5. The van der Waals surface area contributed by atoms with Gasteiger partial charge in [0, 0.05) is 11.8 Å². The number of nitrogen functional groups attached to an aromatic ring is 1. The summed E-state index contributed by atoms with van der Waals surface area (Å²) >= 11 is 2.87. The van der Waals surface area contributed by atoms with Gasteiger partial charge in [-0.25, -0.2) is 13.2 Å². The van der Waals surface area contributed by atoms with E-state index in [-0.39, 0.29) is 21.4 Å². The third-order valence-corrected chi connectivity index (χ3v) is 3.10. The second-order valence-electron chi connectivity index (χ2n) is 3.94. The molecule has 3 nitrogen and oxygen atoms in total. The van der Waals surface area contributed by atoms with Crippen LogP contribution in [-0.4, -0.2) is 5.91 Å². The Morgan fingerprint density at radius 1 is 1.05 bits per heavy atom. The van der Waals surface area contributed by atoms with Gasteiger partial charge in [0.15, 0.2) is 0 Å². The lowest BCUT2D eigenvalue weighted by Gasteiger charge is -2.08. The smallest absolute Gasteiger partial charge is 0.258 e. The number of hydrogen-bond donors (Lipinski definition) is 2. The van der Waals surface area contributed by atoms with Crippen LogP contribution in [0.4, 0.5) is 24.5 Å². The zero-order chi connectivity index (χ0) is 14.9. The highest BCUT2D eigenvalue weighted by Crippen LogP contribution is 2.24. The van der Waals surface area contributed by atoms with Crippen molar-refractivity contribution >= 4 is 33.2 Å². The minimum atomic E-state index is -0.963. The number of hydrogen-bond acceptors (Lipinski definition) is 2. The molecule has 3 N–H and O–H groups in total. The molecule has 0 atom stereocenters. The SMILES string of the molecule is Nc1ccc(C(=O)Nc2cc(Br)c(F)cc2F)c(F)c1. The second-order valence-corrected chi connectivity index (χ2v) is 4.79. The van der Waals surface area contributed by atoms with Crippen molar-refractivity contribution in [2.75, 3.05) is 11.1 Å². The van der Waals surface area contributed by atoms with Gasteiger partial charge in [0.1, 0.15) is 17.5 Å². The quantitative estimate of drug-likeness (QED) is 0.644. The zero-order valence-corrected chi connectivity index (χ0v) is 11.5. The Balaban J connectivity index is 2.30. The van der Waals surface area contributed by atoms with Crippen LogP contribution < -0.4 is 11.1 Å². The summed E-state index contributed by atoms with van der Waals surface area (Å²) in [5, 5.41) is 2.16. The van der Waals surface area contributed by atoms with Crippen molar-refractivity contribution in [3.05, 3.63) is 57.8 Å². The third-order valence-electron chi connectivity index (χ3n) is 2.50. The summed E-state index contributed by atoms with van der Waals surface area (Å²) in [5.41, 5.74) is 4.97. The molecule has 0 saturated heterocycles. The first-order chi connectivity index (χ1) is 9.38. The summed E-state index contributed by atoms with van der Waals surface area (Å²) in [6, 6.07) is 5.16. The van der Waals surface area contributed by atoms with Crippen LogP contribution in [0.5, 0.6) is 0 Å². The first-order valence-corrected chi connectivity index (χ1v) is 6.18. The minimum absolute atomic E-state index is 0.0213. The van der Waals surface area contributed by atoms with Gasteiger partial charge in [0.05, 0.1) is 15.7 Å². The van der Waals surface area contributed by atoms with Gasteiger partial charge in [-0.05, 0) is 40.2 Å². The van der Waals surface area contributed by atoms with Gasteiger partial charge in [-0.15, -0.1) is 0 Å². The first-order valence-electron chi connectivity index (χ1n) is 5.39. The highest BCUT2D eigenvalue weighted by molar-refractivity contribution is 9.10. The van der Waals surface area contributed by atoms with Gasteiger partial charge >= 0.3 is 0 Å². The molecule has 0 aliphatic heterocycles. The number of amides is 1. The molecule has 0 unspecified atom stereocenters. The number of carbonyl (C=O) groups excluding carboxylic acids is 1. The van der Waals surface area contributed by atoms with Crippen LogP contribution >= 0.6 is 15.9 Å². The molecule has 0 bridgehead atoms. The van der Waals surface area contributed by atoms with E-state index in [0.29, 0.717) is 6.07 Å². The fourth-order valence-corrected chi connectivity index (χ4v) is 1.87. The Morgan fingerprint density at radius 3 is 2.40 bits per heavy atom. The predicted octanol–water partition coefficient (Wildman–Crippen LogP) is 3.70. The first kappa shape index (κ1) is 14.4. The Labute approximate surface area is 120 Å². The van der Waals surface area contributed by atoms with Gasteiger partial charge in [-0.3, -0.25) is 4.79 Å². The fourth-order valence-electron chi connectivity index (χ4n) is 1.52. The standard InChI is InChI=1S/C13H8BrF3N2O/c14-8-4-12(11(17)5-10(8)16)19-13(20)7-2-1-6(18)3-9(7)15/h1-5H,18H2,(H,19,20). The third kappa shape index (κ3) is 2.93. The number of halogens is 4. The van der Waals surface area contributed by atoms with Crippen LogP contribution in [0.2, 0.25) is 0 Å². The van der Waals surface area contributed by atoms with Gasteiger partial charge in [0.25, 0.3) is 5.91 Å². The highest BCUT2D eigenvalue weighted by atomic mass is 79.9. The highest BCUT2D eigenvalue weighted by Gasteiger charge is 2.15. The topological polar surface area (TPSA) is 55.1 Å². The molecule has 0 spiro atoms. The summed E-state index contributed by atoms with van der Waals surface area (Å²) < 4.78 is 40.1. The minimum Gasteiger partial charge on any atom is -0.399 e. The van der Waals surface area contributed by atoms with Gasteiger partial charge in [-0.2, -0.15) is 0 Å². The zero-order valence-electron chi connectivity index (χ0n) is 9.88. The largest absolute Gasteiger partial charge is 0.399 e. The summed E-state index contributed by atoms with van der Waals surface area (Å²) in [5.74, 6) is -3.46. The molecule has 1 amide bonds. The van der Waals surface area contributed by atoms with Crippen LogP contribution in [0.25, 0.3) is 0 Å². The second kappa shape index (κ2) is 5.54. The van der Waals surface area contributed by atoms with Crippen molar-refractivity contribution in [1.82, 2.24) is 0 Å². The average Bonchev–Trinajstić information content (AvgIpc) is 2.35. The molecule has 0 heterocycles. The van der Waals surface area contributed by atoms with Crippen LogP contribution in [0, 0.1) is 17.5 Å². The molecule has 2 aromatic rings. The lowest BCUT2D eigenvalue weighted by atomic mass is 10.1. The van der Waals surface area contributed by atoms with E-state index in [1.54, 1.807) is 0 Å². The lowest BCUT2D eigenvalue weighted by molar-refractivity contribution is 0.102. The van der Waals surface area contributed by atoms with E-state index in [9.17, 15) is 18.0 Å². The van der Waals surface area contributed by atoms with Crippen molar-refractivity contribution in [3.8, 4) is 0 Å². The summed E-state index contributed by atoms with van der Waals surface area (Å²) in [6.07, 6.45) is 0. The van der Waals surface area contributed by atoms with Crippen LogP contribution in [0.3, 0.4) is 0 Å². The Hall–Kier alpha value is -2.02. The van der Waals surface area contributed by atoms with E-state index in [1.807, 2.05) is 0 Å². The molecule has 0 radical (unpaired) electrons. The van der Waals surface area contributed by atoms with E-state index in [0.717, 1.165) is 12.1 Å². The molecule has 0 aliphatic carbocycles. The molecule has 2 aromatic carbocycles. The van der Waals surface area contributed by atoms with Crippen LogP contribution in [-0.2, 0) is 0 Å². The van der Waals surface area contributed by atoms with E-state index in [4.69, 9.17) is 5.73 Å². The maximum Gasteiger partial charge on any atom is 0.258 e. The molecular formula is C13H8BrF3N2O. The number of anilines is 2. The van der Waals surface area contributed by atoms with Crippen molar-refractivity contribution in [2.24, 2.45) is 0 Å². The number of carbonyl (C=O) groups is 1. The summed E-state index contributed by atoms with van der Waals surface area (Å²) in [4.78, 5) is 11.8. The molecule has 0 aliphatic rings.